The molecule has 0 fully saturated rings. The number of methoxy groups -OCH3 is 4. The first-order valence-electron chi connectivity index (χ1n) is 5.49. The Morgan fingerprint density at radius 2 is 1.05 bits per heavy atom. The molecule has 0 aliphatic carbocycles. The van der Waals surface area contributed by atoms with Crippen LogP contribution in [0.4, 0.5) is 0 Å². The van der Waals surface area contributed by atoms with E-state index in [2.05, 4.69) is 0 Å². The molecule has 0 bridgehead atoms. The third-order valence-corrected chi connectivity index (χ3v) is 2.73. The summed E-state index contributed by atoms with van der Waals surface area (Å²) in [6.07, 6.45) is -2.34. The lowest BCUT2D eigenvalue weighted by atomic mass is 9.93. The average Bonchev–Trinajstić information content (AvgIpc) is 2.37. The number of aliphatic carboxylic acids is 2. The molecule has 8 heteroatoms. The third kappa shape index (κ3) is 5.11. The lowest BCUT2D eigenvalue weighted by Crippen LogP contribution is -2.39. The molecule has 0 aliphatic rings. The van der Waals surface area contributed by atoms with Crippen molar-refractivity contribution in [3.63, 3.8) is 0 Å². The van der Waals surface area contributed by atoms with Gasteiger partial charge in [0.25, 0.3) is 0 Å². The summed E-state index contributed by atoms with van der Waals surface area (Å²) in [5.41, 5.74) is 0. The van der Waals surface area contributed by atoms with Crippen LogP contribution in [-0.4, -0.2) is 63.2 Å². The molecule has 0 saturated heterocycles. The second kappa shape index (κ2) is 8.81. The van der Waals surface area contributed by atoms with Gasteiger partial charge in [0.2, 0.25) is 0 Å². The third-order valence-electron chi connectivity index (χ3n) is 2.73. The number of hydrogen-bond donors (Lipinski definition) is 2. The Hall–Kier alpha value is -1.22. The Kier molecular flexibility index (Phi) is 8.24. The number of ether oxygens (including phenoxy) is 4. The van der Waals surface area contributed by atoms with E-state index >= 15 is 0 Å². The molecule has 8 nitrogen and oxygen atoms in total. The smallest absolute Gasteiger partial charge is 0.311 e. The molecule has 112 valence electrons. The van der Waals surface area contributed by atoms with Crippen molar-refractivity contribution in [2.24, 2.45) is 11.8 Å². The van der Waals surface area contributed by atoms with Crippen molar-refractivity contribution in [3.05, 3.63) is 0 Å². The number of carboxylic acids is 2. The van der Waals surface area contributed by atoms with Crippen LogP contribution in [0.2, 0.25) is 0 Å². The average molecular weight is 280 g/mol. The second-order valence-electron chi connectivity index (χ2n) is 3.80. The maximum Gasteiger partial charge on any atom is 0.311 e. The van der Waals surface area contributed by atoms with Crippen LogP contribution in [0.15, 0.2) is 0 Å². The van der Waals surface area contributed by atoms with Crippen LogP contribution in [0.5, 0.6) is 0 Å². The van der Waals surface area contributed by atoms with Gasteiger partial charge < -0.3 is 29.2 Å². The second-order valence-corrected chi connectivity index (χ2v) is 3.80. The van der Waals surface area contributed by atoms with Gasteiger partial charge in [-0.2, -0.15) is 0 Å². The maximum atomic E-state index is 11.2. The Balaban J connectivity index is 5.04. The van der Waals surface area contributed by atoms with Crippen molar-refractivity contribution < 1.29 is 38.7 Å². The molecule has 0 aliphatic heterocycles. The van der Waals surface area contributed by atoms with E-state index in [1.54, 1.807) is 0 Å². The van der Waals surface area contributed by atoms with Crippen molar-refractivity contribution in [1.82, 2.24) is 0 Å². The molecule has 0 aromatic carbocycles. The highest BCUT2D eigenvalue weighted by atomic mass is 16.7. The quantitative estimate of drug-likeness (QED) is 0.538. The SMILES string of the molecule is COC(OC)C(CC(C(=O)O)C(OC)OC)C(=O)O. The van der Waals surface area contributed by atoms with E-state index in [4.69, 9.17) is 29.2 Å². The predicted molar refractivity (Wildman–Crippen MR) is 62.5 cm³/mol. The first-order valence-corrected chi connectivity index (χ1v) is 5.49. The Bertz CT molecular complexity index is 256. The summed E-state index contributed by atoms with van der Waals surface area (Å²) in [4.78, 5) is 22.4. The van der Waals surface area contributed by atoms with Crippen molar-refractivity contribution in [1.29, 1.82) is 0 Å². The van der Waals surface area contributed by atoms with Gasteiger partial charge in [0.05, 0.1) is 0 Å². The van der Waals surface area contributed by atoms with Crippen molar-refractivity contribution >= 4 is 11.9 Å². The van der Waals surface area contributed by atoms with E-state index in [1.807, 2.05) is 0 Å². The predicted octanol–water partition coefficient (Wildman–Crippen LogP) is 0.0159. The summed E-state index contributed by atoms with van der Waals surface area (Å²) in [6.45, 7) is 0. The lowest BCUT2D eigenvalue weighted by Gasteiger charge is -2.27. The zero-order valence-electron chi connectivity index (χ0n) is 11.4. The van der Waals surface area contributed by atoms with Crippen molar-refractivity contribution in [2.75, 3.05) is 28.4 Å². The highest BCUT2D eigenvalue weighted by Crippen LogP contribution is 2.23. The zero-order valence-corrected chi connectivity index (χ0v) is 11.4. The molecule has 0 aromatic rings. The minimum Gasteiger partial charge on any atom is -0.481 e. The monoisotopic (exact) mass is 280 g/mol. The molecule has 0 spiro atoms. The minimum atomic E-state index is -1.22. The summed E-state index contributed by atoms with van der Waals surface area (Å²) in [5.74, 6) is -4.73. The summed E-state index contributed by atoms with van der Waals surface area (Å²) in [6, 6.07) is 0. The largest absolute Gasteiger partial charge is 0.481 e. The first kappa shape index (κ1) is 17.8. The van der Waals surface area contributed by atoms with Gasteiger partial charge in [0, 0.05) is 28.4 Å². The van der Waals surface area contributed by atoms with Gasteiger partial charge >= 0.3 is 11.9 Å². The van der Waals surface area contributed by atoms with Crippen LogP contribution in [0, 0.1) is 11.8 Å². The molecular formula is C11H20O8. The fourth-order valence-electron chi connectivity index (χ4n) is 1.78. The Morgan fingerprint density at radius 3 is 1.21 bits per heavy atom. The topological polar surface area (TPSA) is 112 Å². The van der Waals surface area contributed by atoms with Crippen LogP contribution in [0.25, 0.3) is 0 Å². The van der Waals surface area contributed by atoms with Crippen LogP contribution in [0.1, 0.15) is 6.42 Å². The summed E-state index contributed by atoms with van der Waals surface area (Å²) >= 11 is 0. The van der Waals surface area contributed by atoms with E-state index in [-0.39, 0.29) is 6.42 Å². The Labute approximate surface area is 111 Å². The van der Waals surface area contributed by atoms with Crippen LogP contribution in [-0.2, 0) is 28.5 Å². The van der Waals surface area contributed by atoms with Gasteiger partial charge in [-0.3, -0.25) is 9.59 Å². The summed E-state index contributed by atoms with van der Waals surface area (Å²) in [5, 5.41) is 18.3. The van der Waals surface area contributed by atoms with Crippen LogP contribution in [0.3, 0.4) is 0 Å². The number of carboxylic acid groups (broad SMARTS) is 2. The highest BCUT2D eigenvalue weighted by molar-refractivity contribution is 5.74. The van der Waals surface area contributed by atoms with E-state index in [0.717, 1.165) is 0 Å². The van der Waals surface area contributed by atoms with Crippen LogP contribution >= 0.6 is 0 Å². The van der Waals surface area contributed by atoms with Gasteiger partial charge in [-0.1, -0.05) is 0 Å². The summed E-state index contributed by atoms with van der Waals surface area (Å²) < 4.78 is 19.5. The molecule has 2 unspecified atom stereocenters. The molecule has 0 amide bonds. The fourth-order valence-corrected chi connectivity index (χ4v) is 1.78. The van der Waals surface area contributed by atoms with E-state index in [0.29, 0.717) is 0 Å². The molecule has 2 N–H and O–H groups in total. The zero-order chi connectivity index (χ0) is 15.0. The van der Waals surface area contributed by atoms with Gasteiger partial charge in [-0.15, -0.1) is 0 Å². The number of rotatable bonds is 10. The van der Waals surface area contributed by atoms with Crippen LogP contribution < -0.4 is 0 Å². The molecule has 2 atom stereocenters. The molecule has 0 radical (unpaired) electrons. The molecule has 19 heavy (non-hydrogen) atoms. The number of hydrogen-bond acceptors (Lipinski definition) is 6. The van der Waals surface area contributed by atoms with E-state index < -0.39 is 36.4 Å². The van der Waals surface area contributed by atoms with Crippen molar-refractivity contribution in [3.8, 4) is 0 Å². The lowest BCUT2D eigenvalue weighted by molar-refractivity contribution is -0.190. The maximum absolute atomic E-state index is 11.2. The summed E-state index contributed by atoms with van der Waals surface area (Å²) in [7, 11) is 5.13. The van der Waals surface area contributed by atoms with Gasteiger partial charge in [0.15, 0.2) is 12.6 Å². The van der Waals surface area contributed by atoms with Gasteiger partial charge in [-0.25, -0.2) is 0 Å². The molecule has 0 heterocycles. The highest BCUT2D eigenvalue weighted by Gasteiger charge is 2.38. The van der Waals surface area contributed by atoms with E-state index in [9.17, 15) is 9.59 Å². The minimum absolute atomic E-state index is 0.247. The normalized spacial score (nSPS) is 14.6. The molecule has 0 saturated carbocycles. The van der Waals surface area contributed by atoms with Gasteiger partial charge in [-0.05, 0) is 6.42 Å². The molecule has 0 aromatic heterocycles. The standard InChI is InChI=1S/C11H20O8/c1-16-10(17-2)6(8(12)13)5-7(9(14)15)11(18-3)19-4/h6-7,10-11H,5H2,1-4H3,(H,12,13)(H,14,15). The Morgan fingerprint density at radius 1 is 0.789 bits per heavy atom. The molecule has 0 rings (SSSR count). The first-order chi connectivity index (χ1) is 8.92. The fraction of sp³-hybridized carbons (Fsp3) is 0.818. The van der Waals surface area contributed by atoms with E-state index in [1.165, 1.54) is 28.4 Å². The number of carbonyl (C=O) groups is 2. The van der Waals surface area contributed by atoms with Gasteiger partial charge in [0.1, 0.15) is 11.8 Å². The van der Waals surface area contributed by atoms with Crippen molar-refractivity contribution in [2.45, 2.75) is 19.0 Å². The molecular weight excluding hydrogens is 260 g/mol.